The second-order valence-electron chi connectivity index (χ2n) is 1.92. The summed E-state index contributed by atoms with van der Waals surface area (Å²) in [5.74, 6) is 0. The molecule has 1 nitrogen and oxygen atoms in total. The quantitative estimate of drug-likeness (QED) is 0.729. The summed E-state index contributed by atoms with van der Waals surface area (Å²) in [7, 11) is 1.00. The Balaban J connectivity index is -0.000000131. The molecule has 0 fully saturated rings. The zero-order valence-corrected chi connectivity index (χ0v) is 11.2. The predicted molar refractivity (Wildman–Crippen MR) is 58.6 cm³/mol. The summed E-state index contributed by atoms with van der Waals surface area (Å²) < 4.78 is 0. The van der Waals surface area contributed by atoms with Crippen LogP contribution in [0.3, 0.4) is 0 Å². The van der Waals surface area contributed by atoms with Crippen LogP contribution in [0.25, 0.3) is 0 Å². The van der Waals surface area contributed by atoms with Crippen LogP contribution in [0.1, 0.15) is 0 Å². The Morgan fingerprint density at radius 2 is 0.929 bits per heavy atom. The van der Waals surface area contributed by atoms with Gasteiger partial charge in [-0.25, -0.2) is 24.3 Å². The molecule has 0 aromatic heterocycles. The van der Waals surface area contributed by atoms with Crippen LogP contribution in [0.2, 0.25) is 0 Å². The van der Waals surface area contributed by atoms with E-state index in [1.807, 2.05) is 60.7 Å². The Hall–Kier alpha value is -0.457. The van der Waals surface area contributed by atoms with Crippen LogP contribution in [-0.4, -0.2) is 12.2 Å². The maximum absolute atomic E-state index is 7.00. The Bertz CT molecular complexity index is 150. The summed E-state index contributed by atoms with van der Waals surface area (Å²) in [5.41, 5.74) is 0. The van der Waals surface area contributed by atoms with Crippen molar-refractivity contribution in [3.63, 3.8) is 0 Å². The zero-order chi connectivity index (χ0) is 9.07. The fourth-order valence-corrected chi connectivity index (χ4v) is 0.642. The van der Waals surface area contributed by atoms with E-state index in [1.165, 1.54) is 0 Å². The van der Waals surface area contributed by atoms with Gasteiger partial charge in [-0.05, 0) is 0 Å². The first-order valence-corrected chi connectivity index (χ1v) is 3.78. The molecule has 75 valence electrons. The van der Waals surface area contributed by atoms with Crippen LogP contribution in [0.4, 0.5) is 0 Å². The van der Waals surface area contributed by atoms with Crippen LogP contribution in [0, 0.1) is 7.43 Å². The molecule has 0 saturated heterocycles. The Labute approximate surface area is 106 Å². The first-order chi connectivity index (χ1) is 6.00. The van der Waals surface area contributed by atoms with E-state index in [0.29, 0.717) is 0 Å². The van der Waals surface area contributed by atoms with E-state index in [4.69, 9.17) is 5.11 Å². The molecule has 1 radical (unpaired) electrons. The smallest absolute Gasteiger partial charge is 0.400 e. The van der Waals surface area contributed by atoms with Crippen LogP contribution in [0.5, 0.6) is 0 Å². The molecule has 1 N–H and O–H groups in total. The van der Waals surface area contributed by atoms with Gasteiger partial charge in [-0.1, -0.05) is 0 Å². The van der Waals surface area contributed by atoms with Crippen LogP contribution in [0.15, 0.2) is 60.7 Å². The summed E-state index contributed by atoms with van der Waals surface area (Å²) in [6, 6.07) is 20.0. The Kier molecular flexibility index (Phi) is 25.1. The van der Waals surface area contributed by atoms with Crippen LogP contribution < -0.4 is 0 Å². The zero-order valence-electron chi connectivity index (χ0n) is 8.72. The maximum Gasteiger partial charge on any atom is 3.00 e. The summed E-state index contributed by atoms with van der Waals surface area (Å²) in [6.45, 7) is 0. The van der Waals surface area contributed by atoms with Crippen molar-refractivity contribution < 1.29 is 31.3 Å². The molecule has 0 bridgehead atoms. The largest absolute Gasteiger partial charge is 3.00 e. The third kappa shape index (κ3) is 14.1. The van der Waals surface area contributed by atoms with E-state index >= 15 is 0 Å². The van der Waals surface area contributed by atoms with Crippen molar-refractivity contribution in [1.29, 1.82) is 0 Å². The van der Waals surface area contributed by atoms with E-state index in [-0.39, 0.29) is 33.6 Å². The third-order valence-electron chi connectivity index (χ3n) is 1.11. The molecule has 2 heteroatoms. The second-order valence-corrected chi connectivity index (χ2v) is 1.92. The first-order valence-electron chi connectivity index (χ1n) is 3.78. The Morgan fingerprint density at radius 1 is 0.714 bits per heavy atom. The van der Waals surface area contributed by atoms with E-state index in [0.717, 1.165) is 7.11 Å². The molecule has 0 amide bonds. The molecule has 2 rings (SSSR count). The number of aliphatic hydroxyl groups is 1. The van der Waals surface area contributed by atoms with Crippen LogP contribution in [-0.2, 0) is 26.2 Å². The molecule has 2 aromatic rings. The summed E-state index contributed by atoms with van der Waals surface area (Å²) in [5, 5.41) is 7.00. The van der Waals surface area contributed by atoms with E-state index in [2.05, 4.69) is 0 Å². The van der Waals surface area contributed by atoms with Gasteiger partial charge in [-0.3, -0.25) is 0 Å². The van der Waals surface area contributed by atoms with Crippen molar-refractivity contribution >= 4 is 0 Å². The maximum atomic E-state index is 7.00. The molecule has 0 heterocycles. The minimum Gasteiger partial charge on any atom is -0.400 e. The monoisotopic (exact) mass is 267 g/mol. The van der Waals surface area contributed by atoms with Crippen molar-refractivity contribution in [1.82, 2.24) is 0 Å². The number of rotatable bonds is 0. The van der Waals surface area contributed by atoms with Gasteiger partial charge in [0.2, 0.25) is 0 Å². The summed E-state index contributed by atoms with van der Waals surface area (Å²) in [6.07, 6.45) is 0. The third-order valence-corrected chi connectivity index (χ3v) is 1.11. The fraction of sp³-hybridized carbons (Fsp3) is 0.0833. The molecule has 0 aliphatic heterocycles. The standard InChI is InChI=1S/2C5H5.CH4O.CH3.Zr/c2*1-2-4-5-3-1;1-2;;/h2*1-5H;2H,1H3;1H3;/q2*-1;;-1;+3. The average molecular weight is 268 g/mol. The molecule has 0 saturated carbocycles. The van der Waals surface area contributed by atoms with Crippen molar-refractivity contribution in [2.45, 2.75) is 0 Å². The minimum atomic E-state index is 0. The normalized spacial score (nSPS) is 6.14. The molecular weight excluding hydrogens is 251 g/mol. The molecule has 14 heavy (non-hydrogen) atoms. The van der Waals surface area contributed by atoms with Gasteiger partial charge in [0.1, 0.15) is 0 Å². The molecular formula is C12H17OZr. The first kappa shape index (κ1) is 19.2. The van der Waals surface area contributed by atoms with Gasteiger partial charge in [-0.15, -0.1) is 0 Å². The number of hydrogen-bond acceptors (Lipinski definition) is 1. The van der Waals surface area contributed by atoms with E-state index in [9.17, 15) is 0 Å². The summed E-state index contributed by atoms with van der Waals surface area (Å²) >= 11 is 0. The number of hydrogen-bond donors (Lipinski definition) is 1. The van der Waals surface area contributed by atoms with E-state index in [1.54, 1.807) is 0 Å². The van der Waals surface area contributed by atoms with Gasteiger partial charge < -0.3 is 12.5 Å². The van der Waals surface area contributed by atoms with Crippen molar-refractivity contribution in [2.24, 2.45) is 0 Å². The summed E-state index contributed by atoms with van der Waals surface area (Å²) in [4.78, 5) is 0. The van der Waals surface area contributed by atoms with Gasteiger partial charge in [0.05, 0.1) is 0 Å². The molecule has 0 aliphatic rings. The minimum absolute atomic E-state index is 0. The van der Waals surface area contributed by atoms with Crippen molar-refractivity contribution in [3.05, 3.63) is 68.1 Å². The van der Waals surface area contributed by atoms with Gasteiger partial charge in [-0.2, -0.15) is 36.4 Å². The predicted octanol–water partition coefficient (Wildman–Crippen LogP) is 2.87. The van der Waals surface area contributed by atoms with Gasteiger partial charge in [0.15, 0.2) is 0 Å². The molecule has 0 unspecified atom stereocenters. The molecule has 0 aliphatic carbocycles. The van der Waals surface area contributed by atoms with Gasteiger partial charge in [0.25, 0.3) is 0 Å². The molecule has 0 spiro atoms. The second kappa shape index (κ2) is 18.4. The average Bonchev–Trinajstić information content (AvgIpc) is 2.87. The van der Waals surface area contributed by atoms with Gasteiger partial charge >= 0.3 is 26.2 Å². The number of aliphatic hydroxyl groups excluding tert-OH is 1. The van der Waals surface area contributed by atoms with E-state index < -0.39 is 0 Å². The molecule has 0 atom stereocenters. The fourth-order valence-electron chi connectivity index (χ4n) is 0.642. The SMILES string of the molecule is CO.[CH3-].[Zr+3].c1cc[cH-]c1.c1cc[cH-]c1. The topological polar surface area (TPSA) is 20.2 Å². The van der Waals surface area contributed by atoms with Gasteiger partial charge in [0, 0.05) is 7.11 Å². The van der Waals surface area contributed by atoms with Crippen molar-refractivity contribution in [3.8, 4) is 0 Å². The molecule has 2 aromatic carbocycles. The Morgan fingerprint density at radius 3 is 1.00 bits per heavy atom. The van der Waals surface area contributed by atoms with Crippen LogP contribution >= 0.6 is 0 Å². The van der Waals surface area contributed by atoms with Crippen molar-refractivity contribution in [2.75, 3.05) is 7.11 Å².